The summed E-state index contributed by atoms with van der Waals surface area (Å²) in [7, 11) is 0. The van der Waals surface area contributed by atoms with Crippen molar-refractivity contribution in [3.8, 4) is 11.4 Å². The summed E-state index contributed by atoms with van der Waals surface area (Å²) in [5.41, 5.74) is 7.99. The Bertz CT molecular complexity index is 761. The topological polar surface area (TPSA) is 92.0 Å². The first-order chi connectivity index (χ1) is 14.2. The van der Waals surface area contributed by atoms with Crippen LogP contribution >= 0.6 is 12.4 Å². The molecule has 0 amide bonds. The van der Waals surface area contributed by atoms with E-state index in [2.05, 4.69) is 41.3 Å². The zero-order chi connectivity index (χ0) is 20.5. The first kappa shape index (κ1) is 24.2. The molecule has 0 radical (unpaired) electrons. The molecular formula is C23H36ClN5O. The molecule has 1 atom stereocenters. The molecule has 2 aromatic rings. The Labute approximate surface area is 186 Å². The van der Waals surface area contributed by atoms with Crippen LogP contribution in [0.5, 0.6) is 0 Å². The van der Waals surface area contributed by atoms with Crippen molar-refractivity contribution >= 4 is 18.4 Å². The fourth-order valence-electron chi connectivity index (χ4n) is 4.02. The van der Waals surface area contributed by atoms with E-state index in [0.717, 1.165) is 31.4 Å². The van der Waals surface area contributed by atoms with E-state index in [1.54, 1.807) is 0 Å². The summed E-state index contributed by atoms with van der Waals surface area (Å²) in [5.74, 6) is 1.55. The molecule has 30 heavy (non-hydrogen) atoms. The summed E-state index contributed by atoms with van der Waals surface area (Å²) in [6.45, 7) is 3.76. The molecule has 1 unspecified atom stereocenters. The standard InChI is InChI=1S/C23H35N5O.ClH/c1-2-3-4-5-6-7-8-10-18-12-14-19(15-13-18)21-26-22(29-27-21)20-11-9-16-28(17-20)23(24)25;/h12-15,20H,2-11,16-17H2,1H3,(H3,24,25);1H. The van der Waals surface area contributed by atoms with Crippen molar-refractivity contribution in [2.24, 2.45) is 5.73 Å². The van der Waals surface area contributed by atoms with Crippen LogP contribution in [0.15, 0.2) is 28.8 Å². The van der Waals surface area contributed by atoms with Crippen LogP contribution in [0.1, 0.15) is 82.1 Å². The van der Waals surface area contributed by atoms with Gasteiger partial charge in [-0.3, -0.25) is 5.41 Å². The number of aryl methyl sites for hydroxylation is 1. The Hall–Kier alpha value is -2.08. The molecule has 2 heterocycles. The minimum atomic E-state index is 0. The monoisotopic (exact) mass is 433 g/mol. The van der Waals surface area contributed by atoms with Crippen LogP contribution in [-0.4, -0.2) is 34.1 Å². The number of aromatic nitrogens is 2. The molecule has 0 bridgehead atoms. The number of halogens is 1. The second-order valence-electron chi connectivity index (χ2n) is 8.19. The highest BCUT2D eigenvalue weighted by Crippen LogP contribution is 2.27. The lowest BCUT2D eigenvalue weighted by atomic mass is 9.98. The highest BCUT2D eigenvalue weighted by molar-refractivity contribution is 5.85. The molecule has 3 N–H and O–H groups in total. The molecule has 0 aliphatic carbocycles. The summed E-state index contributed by atoms with van der Waals surface area (Å²) in [4.78, 5) is 6.49. The lowest BCUT2D eigenvalue weighted by Crippen LogP contribution is -2.42. The van der Waals surface area contributed by atoms with Gasteiger partial charge < -0.3 is 15.2 Å². The number of nitrogens with one attached hydrogen (secondary N) is 1. The highest BCUT2D eigenvalue weighted by atomic mass is 35.5. The first-order valence-electron chi connectivity index (χ1n) is 11.2. The van der Waals surface area contributed by atoms with Crippen molar-refractivity contribution in [3.63, 3.8) is 0 Å². The fourth-order valence-corrected chi connectivity index (χ4v) is 4.02. The van der Waals surface area contributed by atoms with Crippen molar-refractivity contribution in [3.05, 3.63) is 35.7 Å². The predicted octanol–water partition coefficient (Wildman–Crippen LogP) is 5.52. The van der Waals surface area contributed by atoms with Crippen LogP contribution in [0.25, 0.3) is 11.4 Å². The van der Waals surface area contributed by atoms with Gasteiger partial charge in [-0.05, 0) is 31.2 Å². The van der Waals surface area contributed by atoms with Gasteiger partial charge in [0.2, 0.25) is 11.7 Å². The Kier molecular flexibility index (Phi) is 10.1. The summed E-state index contributed by atoms with van der Waals surface area (Å²) >= 11 is 0. The number of benzene rings is 1. The van der Waals surface area contributed by atoms with Gasteiger partial charge in [0.15, 0.2) is 5.96 Å². The molecule has 1 aliphatic rings. The summed E-state index contributed by atoms with van der Waals surface area (Å²) < 4.78 is 5.54. The van der Waals surface area contributed by atoms with Gasteiger partial charge in [0, 0.05) is 18.7 Å². The molecule has 0 spiro atoms. The van der Waals surface area contributed by atoms with E-state index in [9.17, 15) is 0 Å². The van der Waals surface area contributed by atoms with Gasteiger partial charge in [-0.15, -0.1) is 12.4 Å². The van der Waals surface area contributed by atoms with Crippen molar-refractivity contribution in [1.82, 2.24) is 15.0 Å². The Morgan fingerprint density at radius 2 is 1.83 bits per heavy atom. The zero-order valence-electron chi connectivity index (χ0n) is 18.1. The van der Waals surface area contributed by atoms with Crippen LogP contribution in [0, 0.1) is 5.41 Å². The first-order valence-corrected chi connectivity index (χ1v) is 11.2. The average Bonchev–Trinajstić information content (AvgIpc) is 3.24. The van der Waals surface area contributed by atoms with E-state index < -0.39 is 0 Å². The molecule has 1 aliphatic heterocycles. The minimum Gasteiger partial charge on any atom is -0.370 e. The number of guanidine groups is 1. The predicted molar refractivity (Wildman–Crippen MR) is 124 cm³/mol. The second-order valence-corrected chi connectivity index (χ2v) is 8.19. The van der Waals surface area contributed by atoms with Gasteiger partial charge in [0.1, 0.15) is 0 Å². The number of likely N-dealkylation sites (tertiary alicyclic amines) is 1. The normalized spacial score (nSPS) is 16.3. The number of rotatable bonds is 10. The van der Waals surface area contributed by atoms with Crippen molar-refractivity contribution in [2.75, 3.05) is 13.1 Å². The van der Waals surface area contributed by atoms with E-state index in [4.69, 9.17) is 15.7 Å². The molecule has 1 fully saturated rings. The molecular weight excluding hydrogens is 398 g/mol. The molecule has 6 nitrogen and oxygen atoms in total. The van der Waals surface area contributed by atoms with E-state index >= 15 is 0 Å². The molecule has 7 heteroatoms. The molecule has 1 saturated heterocycles. The van der Waals surface area contributed by atoms with Crippen LogP contribution in [-0.2, 0) is 6.42 Å². The lowest BCUT2D eigenvalue weighted by molar-refractivity contribution is 0.257. The molecule has 3 rings (SSSR count). The third-order valence-corrected chi connectivity index (χ3v) is 5.83. The van der Waals surface area contributed by atoms with Crippen molar-refractivity contribution in [1.29, 1.82) is 5.41 Å². The smallest absolute Gasteiger partial charge is 0.231 e. The largest absolute Gasteiger partial charge is 0.370 e. The Morgan fingerprint density at radius 1 is 1.13 bits per heavy atom. The molecule has 166 valence electrons. The Balaban J connectivity index is 0.00000320. The van der Waals surface area contributed by atoms with Crippen molar-refractivity contribution < 1.29 is 4.52 Å². The van der Waals surface area contributed by atoms with E-state index in [-0.39, 0.29) is 24.3 Å². The summed E-state index contributed by atoms with van der Waals surface area (Å²) in [6.07, 6.45) is 12.5. The number of hydrogen-bond donors (Lipinski definition) is 2. The van der Waals surface area contributed by atoms with Crippen LogP contribution in [0.4, 0.5) is 0 Å². The number of unbranched alkanes of at least 4 members (excludes halogenated alkanes) is 6. The van der Waals surface area contributed by atoms with Gasteiger partial charge in [-0.2, -0.15) is 4.98 Å². The van der Waals surface area contributed by atoms with E-state index in [1.165, 1.54) is 50.5 Å². The Morgan fingerprint density at radius 3 is 2.53 bits per heavy atom. The van der Waals surface area contributed by atoms with Gasteiger partial charge in [0.25, 0.3) is 0 Å². The van der Waals surface area contributed by atoms with E-state index in [0.29, 0.717) is 18.3 Å². The third-order valence-electron chi connectivity index (χ3n) is 5.83. The minimum absolute atomic E-state index is 0. The number of nitrogens with two attached hydrogens (primary N) is 1. The van der Waals surface area contributed by atoms with Gasteiger partial charge >= 0.3 is 0 Å². The van der Waals surface area contributed by atoms with Crippen LogP contribution in [0.2, 0.25) is 0 Å². The van der Waals surface area contributed by atoms with Gasteiger partial charge in [-0.25, -0.2) is 0 Å². The molecule has 1 aromatic carbocycles. The fraction of sp³-hybridized carbons (Fsp3) is 0.609. The van der Waals surface area contributed by atoms with Gasteiger partial charge in [-0.1, -0.05) is 74.9 Å². The van der Waals surface area contributed by atoms with Crippen LogP contribution < -0.4 is 5.73 Å². The summed E-state index contributed by atoms with van der Waals surface area (Å²) in [6, 6.07) is 8.54. The molecule has 1 aromatic heterocycles. The quantitative estimate of drug-likeness (QED) is 0.292. The number of piperidine rings is 1. The number of hydrogen-bond acceptors (Lipinski definition) is 4. The lowest BCUT2D eigenvalue weighted by Gasteiger charge is -2.30. The second kappa shape index (κ2) is 12.6. The van der Waals surface area contributed by atoms with Gasteiger partial charge in [0.05, 0.1) is 5.92 Å². The third kappa shape index (κ3) is 7.01. The maximum atomic E-state index is 7.64. The molecule has 0 saturated carbocycles. The van der Waals surface area contributed by atoms with Crippen LogP contribution in [0.3, 0.4) is 0 Å². The zero-order valence-corrected chi connectivity index (χ0v) is 18.9. The van der Waals surface area contributed by atoms with Crippen molar-refractivity contribution in [2.45, 2.75) is 77.0 Å². The maximum absolute atomic E-state index is 7.64. The SMILES string of the molecule is CCCCCCCCCc1ccc(-c2noc(C3CCCN(C(=N)N)C3)n2)cc1.Cl. The van der Waals surface area contributed by atoms with E-state index in [1.807, 2.05) is 4.90 Å². The maximum Gasteiger partial charge on any atom is 0.231 e. The number of nitrogens with zero attached hydrogens (tertiary/aromatic N) is 3. The summed E-state index contributed by atoms with van der Waals surface area (Å²) in [5, 5.41) is 11.8. The highest BCUT2D eigenvalue weighted by Gasteiger charge is 2.26. The average molecular weight is 434 g/mol.